The molecule has 0 spiro atoms. The third kappa shape index (κ3) is 8.16. The molecule has 0 saturated heterocycles. The molecule has 0 aromatic heterocycles. The maximum absolute atomic E-state index is 6.11. The van der Waals surface area contributed by atoms with Crippen LogP contribution in [0.25, 0.3) is 11.1 Å². The number of hydrogen-bond acceptors (Lipinski definition) is 3. The number of benzene rings is 5. The van der Waals surface area contributed by atoms with Gasteiger partial charge in [-0.1, -0.05) is 163 Å². The van der Waals surface area contributed by atoms with Gasteiger partial charge in [0.05, 0.1) is 19.2 Å². The van der Waals surface area contributed by atoms with E-state index in [4.69, 9.17) is 4.74 Å². The lowest BCUT2D eigenvalue weighted by Crippen LogP contribution is -2.32. The van der Waals surface area contributed by atoms with Crippen molar-refractivity contribution in [1.82, 2.24) is 0 Å². The van der Waals surface area contributed by atoms with Crippen molar-refractivity contribution in [2.24, 2.45) is 0 Å². The van der Waals surface area contributed by atoms with Crippen molar-refractivity contribution in [3.63, 3.8) is 0 Å². The van der Waals surface area contributed by atoms with Crippen LogP contribution in [-0.4, -0.2) is 19.2 Å². The van der Waals surface area contributed by atoms with E-state index in [0.717, 1.165) is 41.3 Å². The van der Waals surface area contributed by atoms with Crippen LogP contribution in [0.15, 0.2) is 164 Å². The number of allylic oxidation sites excluding steroid dienone is 4. The zero-order valence-corrected chi connectivity index (χ0v) is 33.0. The number of ether oxygens (including phenoxy) is 1. The first-order valence-electron chi connectivity index (χ1n) is 19.3. The number of hydrogen-bond donors (Lipinski definition) is 0. The number of methoxy groups -OCH3 is 1. The first-order chi connectivity index (χ1) is 26.0. The Balaban J connectivity index is 1.32. The molecule has 5 aromatic carbocycles. The smallest absolute Gasteiger partial charge is 0.123 e. The fraction of sp³-hybridized carbons (Fsp3) is 0.255. The Morgan fingerprint density at radius 3 is 1.19 bits per heavy atom. The Kier molecular flexibility index (Phi) is 10.5. The summed E-state index contributed by atoms with van der Waals surface area (Å²) in [5.41, 5.74) is 12.3. The zero-order chi connectivity index (χ0) is 37.9. The molecule has 0 aliphatic heterocycles. The molecule has 7 rings (SSSR count). The molecule has 0 fully saturated rings. The summed E-state index contributed by atoms with van der Waals surface area (Å²) in [4.78, 5) is 4.97. The van der Waals surface area contributed by atoms with Crippen LogP contribution >= 0.6 is 0 Å². The van der Waals surface area contributed by atoms with Gasteiger partial charge in [0.25, 0.3) is 0 Å². The molecule has 0 saturated carbocycles. The number of nitrogens with zero attached hydrogens (tertiary/aromatic N) is 2. The fourth-order valence-electron chi connectivity index (χ4n) is 7.56. The van der Waals surface area contributed by atoms with Gasteiger partial charge >= 0.3 is 0 Å². The van der Waals surface area contributed by atoms with E-state index < -0.39 is 0 Å². The van der Waals surface area contributed by atoms with Gasteiger partial charge in [-0.25, -0.2) is 0 Å². The molecule has 0 N–H and O–H groups in total. The topological polar surface area (TPSA) is 15.7 Å². The standard InChI is InChI=1S/C51H54N2O/c1-50(2,3)41-22-30-45(31-23-41)52(43-26-18-39(19-27-43)37-14-10-8-11-15-37)47-34-48(36-49(35-47)54-7)53(46-32-24-42(25-33-46)51(4,5)6)44-28-20-40(21-29-44)38-16-12-9-13-17-38/h8-26,28,30-36,43-44H,27,29H2,1-7H3/t43-,44-/m0/s1. The highest BCUT2D eigenvalue weighted by atomic mass is 16.5. The highest BCUT2D eigenvalue weighted by Gasteiger charge is 2.27. The lowest BCUT2D eigenvalue weighted by molar-refractivity contribution is 0.415. The van der Waals surface area contributed by atoms with Gasteiger partial charge in [0.15, 0.2) is 0 Å². The predicted octanol–water partition coefficient (Wildman–Crippen LogP) is 13.4. The summed E-state index contributed by atoms with van der Waals surface area (Å²) in [6.07, 6.45) is 15.8. The molecule has 0 bridgehead atoms. The Bertz CT molecular complexity index is 2010. The Hall–Kier alpha value is -5.54. The zero-order valence-electron chi connectivity index (χ0n) is 33.0. The SMILES string of the molecule is COc1cc(N(c2ccc(C(C)(C)C)cc2)[C@H]2C=CC(c3ccccc3)=CC2)cc(N(c2ccc(C(C)(C)C)cc2)[C@H]2C=CC(c3ccccc3)=CC2)c1. The second-order valence-corrected chi connectivity index (χ2v) is 16.6. The molecule has 0 radical (unpaired) electrons. The molecule has 3 nitrogen and oxygen atoms in total. The lowest BCUT2D eigenvalue weighted by atomic mass is 9.87. The van der Waals surface area contributed by atoms with Crippen molar-refractivity contribution in [1.29, 1.82) is 0 Å². The average Bonchev–Trinajstić information content (AvgIpc) is 3.19. The highest BCUT2D eigenvalue weighted by molar-refractivity contribution is 5.80. The van der Waals surface area contributed by atoms with Gasteiger partial charge in [0.1, 0.15) is 5.75 Å². The van der Waals surface area contributed by atoms with E-state index in [9.17, 15) is 0 Å². The second-order valence-electron chi connectivity index (χ2n) is 16.6. The largest absolute Gasteiger partial charge is 0.497 e. The summed E-state index contributed by atoms with van der Waals surface area (Å²) in [5, 5.41) is 0. The summed E-state index contributed by atoms with van der Waals surface area (Å²) in [7, 11) is 1.78. The summed E-state index contributed by atoms with van der Waals surface area (Å²) < 4.78 is 6.11. The van der Waals surface area contributed by atoms with Gasteiger partial charge in [-0.05, 0) is 87.4 Å². The maximum Gasteiger partial charge on any atom is 0.123 e. The minimum Gasteiger partial charge on any atom is -0.497 e. The normalized spacial score (nSPS) is 17.1. The van der Waals surface area contributed by atoms with Crippen LogP contribution in [0.1, 0.15) is 76.6 Å². The van der Waals surface area contributed by atoms with Gasteiger partial charge in [-0.15, -0.1) is 0 Å². The Morgan fingerprint density at radius 1 is 0.481 bits per heavy atom. The van der Waals surface area contributed by atoms with Crippen molar-refractivity contribution in [3.05, 3.63) is 186 Å². The lowest BCUT2D eigenvalue weighted by Gasteiger charge is -2.37. The molecule has 0 heterocycles. The third-order valence-electron chi connectivity index (χ3n) is 10.7. The number of anilines is 4. The van der Waals surface area contributed by atoms with Crippen LogP contribution in [0.3, 0.4) is 0 Å². The van der Waals surface area contributed by atoms with Crippen LogP contribution < -0.4 is 14.5 Å². The van der Waals surface area contributed by atoms with Gasteiger partial charge < -0.3 is 14.5 Å². The van der Waals surface area contributed by atoms with Gasteiger partial charge in [-0.3, -0.25) is 0 Å². The van der Waals surface area contributed by atoms with E-state index >= 15 is 0 Å². The van der Waals surface area contributed by atoms with Crippen molar-refractivity contribution in [2.45, 2.75) is 77.3 Å². The number of rotatable bonds is 9. The second kappa shape index (κ2) is 15.4. The van der Waals surface area contributed by atoms with Crippen LogP contribution in [0.4, 0.5) is 22.7 Å². The maximum atomic E-state index is 6.11. The highest BCUT2D eigenvalue weighted by Crippen LogP contribution is 2.42. The van der Waals surface area contributed by atoms with Gasteiger partial charge in [-0.2, -0.15) is 0 Å². The van der Waals surface area contributed by atoms with Crippen LogP contribution in [0, 0.1) is 0 Å². The average molecular weight is 711 g/mol. The monoisotopic (exact) mass is 710 g/mol. The molecule has 2 aliphatic carbocycles. The molecule has 3 heteroatoms. The van der Waals surface area contributed by atoms with Crippen molar-refractivity contribution < 1.29 is 4.74 Å². The molecule has 2 aliphatic rings. The minimum atomic E-state index is 0.0654. The van der Waals surface area contributed by atoms with Crippen molar-refractivity contribution in [2.75, 3.05) is 16.9 Å². The Morgan fingerprint density at radius 2 is 0.870 bits per heavy atom. The Labute approximate surface area is 323 Å². The summed E-state index contributed by atoms with van der Waals surface area (Å²) in [6, 6.07) is 46.6. The van der Waals surface area contributed by atoms with Gasteiger partial charge in [0.2, 0.25) is 0 Å². The van der Waals surface area contributed by atoms with E-state index in [0.29, 0.717) is 0 Å². The summed E-state index contributed by atoms with van der Waals surface area (Å²) in [6.45, 7) is 13.6. The fourth-order valence-corrected chi connectivity index (χ4v) is 7.56. The van der Waals surface area contributed by atoms with E-state index in [-0.39, 0.29) is 22.9 Å². The molecular formula is C51H54N2O. The van der Waals surface area contributed by atoms with E-state index in [1.807, 2.05) is 0 Å². The molecule has 0 amide bonds. The van der Waals surface area contributed by atoms with Crippen molar-refractivity contribution in [3.8, 4) is 5.75 Å². The first-order valence-corrected chi connectivity index (χ1v) is 19.3. The van der Waals surface area contributed by atoms with E-state index in [1.165, 1.54) is 33.4 Å². The first kappa shape index (κ1) is 36.8. The van der Waals surface area contributed by atoms with Crippen molar-refractivity contribution >= 4 is 33.9 Å². The van der Waals surface area contributed by atoms with Gasteiger partial charge in [0, 0.05) is 34.9 Å². The molecule has 274 valence electrons. The quantitative estimate of drug-likeness (QED) is 0.151. The molecule has 54 heavy (non-hydrogen) atoms. The third-order valence-corrected chi connectivity index (χ3v) is 10.7. The van der Waals surface area contributed by atoms with E-state index in [1.54, 1.807) is 7.11 Å². The molecular weight excluding hydrogens is 657 g/mol. The molecule has 0 unspecified atom stereocenters. The minimum absolute atomic E-state index is 0.0654. The van der Waals surface area contributed by atoms with E-state index in [2.05, 4.69) is 215 Å². The predicted molar refractivity (Wildman–Crippen MR) is 231 cm³/mol. The van der Waals surface area contributed by atoms with Crippen LogP contribution in [-0.2, 0) is 10.8 Å². The molecule has 2 atom stereocenters. The summed E-state index contributed by atoms with van der Waals surface area (Å²) in [5.74, 6) is 0.829. The van der Waals surface area contributed by atoms with Crippen LogP contribution in [0.5, 0.6) is 5.75 Å². The molecule has 5 aromatic rings. The van der Waals surface area contributed by atoms with Crippen LogP contribution in [0.2, 0.25) is 0 Å². The summed E-state index contributed by atoms with van der Waals surface area (Å²) >= 11 is 0.